The lowest BCUT2D eigenvalue weighted by atomic mass is 10.1. The standard InChI is InChI=1S/C11H7ClN2O2/c12-8-6-3-5-16-11(15)9(6)14-7-2-1-4-13-10(7)8/h1-2,4H,3,5H2. The van der Waals surface area contributed by atoms with Crippen molar-refractivity contribution < 1.29 is 9.53 Å². The Balaban J connectivity index is 2.40. The number of carbonyl (C=O) groups is 1. The van der Waals surface area contributed by atoms with Crippen LogP contribution in [0.2, 0.25) is 5.02 Å². The van der Waals surface area contributed by atoms with Crippen molar-refractivity contribution >= 4 is 28.6 Å². The van der Waals surface area contributed by atoms with E-state index in [1.807, 2.05) is 0 Å². The van der Waals surface area contributed by atoms with Crippen molar-refractivity contribution in [3.63, 3.8) is 0 Å². The molecule has 1 aliphatic rings. The summed E-state index contributed by atoms with van der Waals surface area (Å²) in [7, 11) is 0. The van der Waals surface area contributed by atoms with Gasteiger partial charge in [0.1, 0.15) is 5.52 Å². The molecule has 80 valence electrons. The van der Waals surface area contributed by atoms with Crippen molar-refractivity contribution in [1.82, 2.24) is 9.97 Å². The van der Waals surface area contributed by atoms with Gasteiger partial charge in [0.15, 0.2) is 5.69 Å². The summed E-state index contributed by atoms with van der Waals surface area (Å²) in [5.74, 6) is -0.408. The third-order valence-corrected chi connectivity index (χ3v) is 2.96. The topological polar surface area (TPSA) is 52.1 Å². The van der Waals surface area contributed by atoms with Gasteiger partial charge in [-0.15, -0.1) is 0 Å². The van der Waals surface area contributed by atoms with Gasteiger partial charge in [-0.25, -0.2) is 9.78 Å². The van der Waals surface area contributed by atoms with Gasteiger partial charge in [0.05, 0.1) is 17.1 Å². The molecule has 0 atom stereocenters. The van der Waals surface area contributed by atoms with E-state index in [0.29, 0.717) is 34.8 Å². The second-order valence-electron chi connectivity index (χ2n) is 3.51. The van der Waals surface area contributed by atoms with Gasteiger partial charge in [0, 0.05) is 18.2 Å². The first-order valence-electron chi connectivity index (χ1n) is 4.87. The molecule has 0 saturated carbocycles. The van der Waals surface area contributed by atoms with Crippen LogP contribution in [0.4, 0.5) is 0 Å². The summed E-state index contributed by atoms with van der Waals surface area (Å²) in [5, 5.41) is 0.511. The monoisotopic (exact) mass is 234 g/mol. The maximum Gasteiger partial charge on any atom is 0.357 e. The van der Waals surface area contributed by atoms with Crippen molar-refractivity contribution in [2.24, 2.45) is 0 Å². The maximum absolute atomic E-state index is 11.5. The van der Waals surface area contributed by atoms with E-state index in [0.717, 1.165) is 5.56 Å². The van der Waals surface area contributed by atoms with Crippen LogP contribution in [0.1, 0.15) is 16.1 Å². The van der Waals surface area contributed by atoms with Crippen molar-refractivity contribution in [1.29, 1.82) is 0 Å². The number of halogens is 1. The van der Waals surface area contributed by atoms with Gasteiger partial charge in [0.25, 0.3) is 0 Å². The van der Waals surface area contributed by atoms with Crippen molar-refractivity contribution in [3.05, 3.63) is 34.6 Å². The zero-order valence-electron chi connectivity index (χ0n) is 8.24. The third-order valence-electron chi connectivity index (χ3n) is 2.56. The fraction of sp³-hybridized carbons (Fsp3) is 0.182. The average molecular weight is 235 g/mol. The van der Waals surface area contributed by atoms with E-state index in [2.05, 4.69) is 9.97 Å². The van der Waals surface area contributed by atoms with Crippen molar-refractivity contribution in [3.8, 4) is 0 Å². The molecule has 0 bridgehead atoms. The molecule has 0 aromatic carbocycles. The van der Waals surface area contributed by atoms with Gasteiger partial charge >= 0.3 is 5.97 Å². The molecule has 0 radical (unpaired) electrons. The van der Waals surface area contributed by atoms with E-state index in [1.54, 1.807) is 18.3 Å². The minimum Gasteiger partial charge on any atom is -0.461 e. The molecule has 0 amide bonds. The van der Waals surface area contributed by atoms with Crippen LogP contribution < -0.4 is 0 Å². The van der Waals surface area contributed by atoms with Gasteiger partial charge in [-0.05, 0) is 12.1 Å². The molecular formula is C11H7ClN2O2. The van der Waals surface area contributed by atoms with Crippen LogP contribution in [0.15, 0.2) is 18.3 Å². The Morgan fingerprint density at radius 3 is 3.19 bits per heavy atom. The van der Waals surface area contributed by atoms with Crippen molar-refractivity contribution in [2.45, 2.75) is 6.42 Å². The Bertz CT molecular complexity index is 598. The lowest BCUT2D eigenvalue weighted by molar-refractivity contribution is 0.0472. The molecule has 3 heterocycles. The van der Waals surface area contributed by atoms with Crippen LogP contribution in [0.5, 0.6) is 0 Å². The number of pyridine rings is 2. The summed E-state index contributed by atoms with van der Waals surface area (Å²) in [5.41, 5.74) is 2.31. The third kappa shape index (κ3) is 1.27. The predicted octanol–water partition coefficient (Wildman–Crippen LogP) is 2.00. The molecule has 0 N–H and O–H groups in total. The van der Waals surface area contributed by atoms with Gasteiger partial charge in [-0.3, -0.25) is 4.98 Å². The number of hydrogen-bond acceptors (Lipinski definition) is 4. The highest BCUT2D eigenvalue weighted by Crippen LogP contribution is 2.29. The highest BCUT2D eigenvalue weighted by atomic mass is 35.5. The molecule has 1 aliphatic heterocycles. The predicted molar refractivity (Wildman–Crippen MR) is 58.5 cm³/mol. The van der Waals surface area contributed by atoms with Crippen LogP contribution in [-0.2, 0) is 11.2 Å². The minimum absolute atomic E-state index is 0.316. The average Bonchev–Trinajstić information content (AvgIpc) is 2.31. The zero-order chi connectivity index (χ0) is 11.1. The Hall–Kier alpha value is -1.68. The van der Waals surface area contributed by atoms with Crippen LogP contribution >= 0.6 is 11.6 Å². The van der Waals surface area contributed by atoms with Crippen LogP contribution in [0.25, 0.3) is 11.0 Å². The first kappa shape index (κ1) is 9.54. The number of rotatable bonds is 0. The smallest absolute Gasteiger partial charge is 0.357 e. The summed E-state index contributed by atoms with van der Waals surface area (Å²) in [6.45, 7) is 0.353. The molecular weight excluding hydrogens is 228 g/mol. The quantitative estimate of drug-likeness (QED) is 0.655. The van der Waals surface area contributed by atoms with Gasteiger partial charge in [0.2, 0.25) is 0 Å². The highest BCUT2D eigenvalue weighted by Gasteiger charge is 2.24. The molecule has 16 heavy (non-hydrogen) atoms. The van der Waals surface area contributed by atoms with E-state index in [1.165, 1.54) is 0 Å². The Morgan fingerprint density at radius 2 is 2.31 bits per heavy atom. The summed E-state index contributed by atoms with van der Waals surface area (Å²) in [4.78, 5) is 19.9. The Labute approximate surface area is 96.2 Å². The summed E-state index contributed by atoms with van der Waals surface area (Å²) in [6.07, 6.45) is 2.25. The molecule has 0 fully saturated rings. The Morgan fingerprint density at radius 1 is 1.44 bits per heavy atom. The SMILES string of the molecule is O=C1OCCc2c1nc1cccnc1c2Cl. The molecule has 0 saturated heterocycles. The fourth-order valence-electron chi connectivity index (χ4n) is 1.80. The largest absolute Gasteiger partial charge is 0.461 e. The molecule has 2 aromatic heterocycles. The van der Waals surface area contributed by atoms with E-state index in [4.69, 9.17) is 16.3 Å². The number of esters is 1. The van der Waals surface area contributed by atoms with Gasteiger partial charge in [-0.2, -0.15) is 0 Å². The van der Waals surface area contributed by atoms with E-state index >= 15 is 0 Å². The molecule has 3 rings (SSSR count). The molecule has 4 nitrogen and oxygen atoms in total. The van der Waals surface area contributed by atoms with E-state index in [9.17, 15) is 4.79 Å². The second kappa shape index (κ2) is 3.42. The van der Waals surface area contributed by atoms with E-state index in [-0.39, 0.29) is 0 Å². The molecule has 0 unspecified atom stereocenters. The first-order valence-corrected chi connectivity index (χ1v) is 5.25. The van der Waals surface area contributed by atoms with Crippen molar-refractivity contribution in [2.75, 3.05) is 6.61 Å². The Kier molecular flexibility index (Phi) is 2.04. The van der Waals surface area contributed by atoms with Gasteiger partial charge < -0.3 is 4.74 Å². The first-order chi connectivity index (χ1) is 7.77. The number of ether oxygens (including phenoxy) is 1. The molecule has 5 heteroatoms. The molecule has 0 spiro atoms. The maximum atomic E-state index is 11.5. The lowest BCUT2D eigenvalue weighted by Gasteiger charge is -2.16. The second-order valence-corrected chi connectivity index (χ2v) is 3.89. The number of aromatic nitrogens is 2. The van der Waals surface area contributed by atoms with Crippen LogP contribution in [0, 0.1) is 0 Å². The molecule has 0 aliphatic carbocycles. The van der Waals surface area contributed by atoms with Crippen LogP contribution in [-0.4, -0.2) is 22.5 Å². The van der Waals surface area contributed by atoms with Gasteiger partial charge in [-0.1, -0.05) is 11.6 Å². The zero-order valence-corrected chi connectivity index (χ0v) is 8.99. The highest BCUT2D eigenvalue weighted by molar-refractivity contribution is 6.36. The number of hydrogen-bond donors (Lipinski definition) is 0. The normalized spacial score (nSPS) is 14.7. The minimum atomic E-state index is -0.408. The number of carbonyl (C=O) groups excluding carboxylic acids is 1. The summed E-state index contributed by atoms with van der Waals surface area (Å²) >= 11 is 6.21. The molecule has 2 aromatic rings. The number of fused-ring (bicyclic) bond motifs is 2. The number of nitrogens with zero attached hydrogens (tertiary/aromatic N) is 2. The fourth-order valence-corrected chi connectivity index (χ4v) is 2.13. The summed E-state index contributed by atoms with van der Waals surface area (Å²) in [6, 6.07) is 3.53. The van der Waals surface area contributed by atoms with Crippen LogP contribution in [0.3, 0.4) is 0 Å². The summed E-state index contributed by atoms with van der Waals surface area (Å²) < 4.78 is 4.93. The van der Waals surface area contributed by atoms with E-state index < -0.39 is 5.97 Å². The number of cyclic esters (lactones) is 1. The lowest BCUT2D eigenvalue weighted by Crippen LogP contribution is -2.20.